The van der Waals surface area contributed by atoms with Crippen molar-refractivity contribution in [2.24, 2.45) is 28.2 Å². The van der Waals surface area contributed by atoms with Crippen LogP contribution in [0.1, 0.15) is 0 Å². The molecule has 4 heterocycles. The Hall–Kier alpha value is -5.51. The highest BCUT2D eigenvalue weighted by molar-refractivity contribution is 6.09. The van der Waals surface area contributed by atoms with E-state index in [1.54, 1.807) is 14.1 Å². The van der Waals surface area contributed by atoms with Crippen LogP contribution in [-0.2, 0) is 28.2 Å². The second kappa shape index (κ2) is 8.49. The summed E-state index contributed by atoms with van der Waals surface area (Å²) >= 11 is 0. The first-order valence-electron chi connectivity index (χ1n) is 13.0. The van der Waals surface area contributed by atoms with Crippen molar-refractivity contribution in [1.29, 1.82) is 0 Å². The van der Waals surface area contributed by atoms with E-state index in [0.29, 0.717) is 44.2 Å². The van der Waals surface area contributed by atoms with E-state index in [4.69, 9.17) is 0 Å². The Bertz CT molecular complexity index is 2430. The molecule has 1 aliphatic heterocycles. The molecule has 0 N–H and O–H groups in total. The summed E-state index contributed by atoms with van der Waals surface area (Å²) in [5, 5.41) is 1.39. The predicted octanol–water partition coefficient (Wildman–Crippen LogP) is 2.11. The molecule has 41 heavy (non-hydrogen) atoms. The molecule has 7 rings (SSSR count). The van der Waals surface area contributed by atoms with Crippen LogP contribution in [0.5, 0.6) is 0 Å². The maximum atomic E-state index is 13.8. The van der Waals surface area contributed by atoms with Crippen molar-refractivity contribution in [1.82, 2.24) is 22.8 Å². The molecule has 10 heteroatoms. The molecule has 0 spiro atoms. The third kappa shape index (κ3) is 3.15. The predicted molar refractivity (Wildman–Crippen MR) is 157 cm³/mol. The third-order valence-corrected chi connectivity index (χ3v) is 7.98. The Morgan fingerprint density at radius 1 is 0.610 bits per heavy atom. The Morgan fingerprint density at radius 3 is 1.85 bits per heavy atom. The van der Waals surface area contributed by atoms with Crippen molar-refractivity contribution >= 4 is 33.0 Å². The molecule has 0 saturated carbocycles. The van der Waals surface area contributed by atoms with E-state index >= 15 is 0 Å². The molecule has 0 unspecified atom stereocenters. The number of hydrogen-bond donors (Lipinski definition) is 0. The molecule has 0 amide bonds. The van der Waals surface area contributed by atoms with Crippen LogP contribution in [0.3, 0.4) is 0 Å². The van der Waals surface area contributed by atoms with E-state index in [0.717, 1.165) is 20.5 Å². The van der Waals surface area contributed by atoms with Gasteiger partial charge >= 0.3 is 17.0 Å². The molecule has 1 aliphatic carbocycles. The Kier molecular flexibility index (Phi) is 5.08. The second-order valence-electron chi connectivity index (χ2n) is 10.2. The van der Waals surface area contributed by atoms with Gasteiger partial charge in [0.05, 0.1) is 18.0 Å². The maximum absolute atomic E-state index is 13.8. The highest BCUT2D eigenvalue weighted by Crippen LogP contribution is 2.35. The number of hydrogen-bond acceptors (Lipinski definition) is 4. The lowest BCUT2D eigenvalue weighted by Gasteiger charge is -2.10. The zero-order valence-electron chi connectivity index (χ0n) is 22.8. The minimum Gasteiger partial charge on any atom is -0.295 e. The molecule has 0 fully saturated rings. The largest absolute Gasteiger partial charge is 0.417 e. The number of benzene rings is 2. The van der Waals surface area contributed by atoms with Gasteiger partial charge in [-0.15, -0.1) is 0 Å². The topological polar surface area (TPSA) is 96.8 Å². The molecule has 2 aliphatic rings. The monoisotopic (exact) mass is 545 g/mol. The quantitative estimate of drug-likeness (QED) is 0.311. The Labute approximate surface area is 231 Å². The van der Waals surface area contributed by atoms with Gasteiger partial charge in [-0.2, -0.15) is 9.13 Å². The fraction of sp³-hybridized carbons (Fsp3) is 0.129. The van der Waals surface area contributed by atoms with Crippen molar-refractivity contribution < 1.29 is 4.57 Å². The molecule has 0 radical (unpaired) electrons. The lowest BCUT2D eigenvalue weighted by atomic mass is 10.1. The number of fused-ring (bicyclic) bond motifs is 6. The van der Waals surface area contributed by atoms with Gasteiger partial charge in [-0.05, 0) is 42.5 Å². The number of nitrogens with zero attached hydrogens (tertiary/aromatic N) is 6. The molecular formula is C31H25N6O4+. The molecule has 0 saturated heterocycles. The fourth-order valence-corrected chi connectivity index (χ4v) is 5.98. The third-order valence-electron chi connectivity index (χ3n) is 7.98. The van der Waals surface area contributed by atoms with Crippen molar-refractivity contribution in [2.75, 3.05) is 0 Å². The van der Waals surface area contributed by atoms with Crippen LogP contribution in [0.2, 0.25) is 0 Å². The van der Waals surface area contributed by atoms with Crippen LogP contribution in [0.4, 0.5) is 0 Å². The summed E-state index contributed by atoms with van der Waals surface area (Å²) in [5.74, 6) is 0. The number of aryl methyl sites for hydroxylation is 2. The normalized spacial score (nSPS) is 11.8. The SMILES string of the molecule is Cn1c(=O)c2c3ccc4[n+](-c5ccccc5)c5c(c-4cc3n(-c3ccccc3)c2n(C)c1=O)c(=O)n(C)c(=O)n5C. The molecule has 3 aromatic heterocycles. The lowest BCUT2D eigenvalue weighted by molar-refractivity contribution is -0.556. The maximum Gasteiger partial charge on any atom is 0.417 e. The summed E-state index contributed by atoms with van der Waals surface area (Å²) in [7, 11) is 6.23. The first-order chi connectivity index (χ1) is 19.7. The summed E-state index contributed by atoms with van der Waals surface area (Å²) in [5.41, 5.74) is 2.67. The van der Waals surface area contributed by atoms with E-state index in [2.05, 4.69) is 0 Å². The molecule has 10 nitrogen and oxygen atoms in total. The van der Waals surface area contributed by atoms with Crippen molar-refractivity contribution in [3.05, 3.63) is 121 Å². The van der Waals surface area contributed by atoms with E-state index in [-0.39, 0.29) is 0 Å². The van der Waals surface area contributed by atoms with Gasteiger partial charge in [-0.1, -0.05) is 36.4 Å². The summed E-state index contributed by atoms with van der Waals surface area (Å²) in [6, 6.07) is 24.6. The molecule has 0 bridgehead atoms. The fourth-order valence-electron chi connectivity index (χ4n) is 5.98. The summed E-state index contributed by atoms with van der Waals surface area (Å²) in [6.45, 7) is 0. The Balaban J connectivity index is 1.82. The summed E-state index contributed by atoms with van der Waals surface area (Å²) in [6.07, 6.45) is 0. The molecule has 202 valence electrons. The highest BCUT2D eigenvalue weighted by Gasteiger charge is 2.32. The van der Waals surface area contributed by atoms with Gasteiger partial charge in [0.15, 0.2) is 0 Å². The number of para-hydroxylation sites is 2. The lowest BCUT2D eigenvalue weighted by Crippen LogP contribution is -2.41. The van der Waals surface area contributed by atoms with E-state index < -0.39 is 22.5 Å². The van der Waals surface area contributed by atoms with Crippen LogP contribution in [0.25, 0.3) is 55.6 Å². The zero-order valence-corrected chi connectivity index (χ0v) is 22.8. The van der Waals surface area contributed by atoms with Crippen LogP contribution >= 0.6 is 0 Å². The molecule has 2 aromatic carbocycles. The van der Waals surface area contributed by atoms with Gasteiger partial charge in [0.25, 0.3) is 11.1 Å². The van der Waals surface area contributed by atoms with E-state index in [1.165, 1.54) is 23.2 Å². The van der Waals surface area contributed by atoms with Crippen LogP contribution < -0.4 is 27.1 Å². The minimum absolute atomic E-state index is 0.373. The average Bonchev–Trinajstić information content (AvgIpc) is 3.42. The average molecular weight is 546 g/mol. The van der Waals surface area contributed by atoms with Gasteiger partial charge in [0, 0.05) is 37.8 Å². The standard InChI is InChI=1S/C31H25N6O4/c1-32-26-24(28(38)34(3)30(32)40)20-15-16-22-21(17-23(20)37(26)19-13-9-6-10-14-19)25-27(33(2)31(41)35(4)29(25)39)36(22)18-11-7-5-8-12-18/h5-17H,1-4H3/q+1. The van der Waals surface area contributed by atoms with Crippen LogP contribution in [0, 0.1) is 0 Å². The number of rotatable bonds is 2. The van der Waals surface area contributed by atoms with Crippen molar-refractivity contribution in [2.45, 2.75) is 0 Å². The zero-order chi connectivity index (χ0) is 28.7. The second-order valence-corrected chi connectivity index (χ2v) is 10.2. The van der Waals surface area contributed by atoms with Crippen LogP contribution in [0.15, 0.2) is 98.0 Å². The summed E-state index contributed by atoms with van der Waals surface area (Å²) < 4.78 is 8.94. The Morgan fingerprint density at radius 2 is 1.20 bits per heavy atom. The van der Waals surface area contributed by atoms with Gasteiger partial charge in [-0.3, -0.25) is 23.3 Å². The molecule has 5 aromatic rings. The van der Waals surface area contributed by atoms with Crippen molar-refractivity contribution in [3.63, 3.8) is 0 Å². The smallest absolute Gasteiger partial charge is 0.295 e. The van der Waals surface area contributed by atoms with Crippen molar-refractivity contribution in [3.8, 4) is 22.6 Å². The number of aromatic nitrogens is 6. The van der Waals surface area contributed by atoms with Gasteiger partial charge < -0.3 is 0 Å². The van der Waals surface area contributed by atoms with E-state index in [1.807, 2.05) is 88.0 Å². The van der Waals surface area contributed by atoms with Gasteiger partial charge in [-0.25, -0.2) is 14.2 Å². The first-order valence-corrected chi connectivity index (χ1v) is 13.0. The highest BCUT2D eigenvalue weighted by atomic mass is 16.2. The van der Waals surface area contributed by atoms with Gasteiger partial charge in [0.2, 0.25) is 0 Å². The van der Waals surface area contributed by atoms with Crippen LogP contribution in [-0.4, -0.2) is 22.8 Å². The minimum atomic E-state index is -0.443. The molecular weight excluding hydrogens is 520 g/mol. The molecule has 0 atom stereocenters. The van der Waals surface area contributed by atoms with Gasteiger partial charge in [0.1, 0.15) is 22.4 Å². The summed E-state index contributed by atoms with van der Waals surface area (Å²) in [4.78, 5) is 53.5. The van der Waals surface area contributed by atoms with E-state index in [9.17, 15) is 19.2 Å². The first kappa shape index (κ1) is 24.5.